The minimum atomic E-state index is -0.677. The molecule has 0 spiro atoms. The fourth-order valence-corrected chi connectivity index (χ4v) is 1.62. The average molecular weight is 248 g/mol. The van der Waals surface area contributed by atoms with Crippen LogP contribution >= 0.6 is 0 Å². The summed E-state index contributed by atoms with van der Waals surface area (Å²) in [4.78, 5) is 26.8. The zero-order chi connectivity index (χ0) is 13.0. The van der Waals surface area contributed by atoms with Crippen LogP contribution in [0.3, 0.4) is 0 Å². The third-order valence-electron chi connectivity index (χ3n) is 2.52. The van der Waals surface area contributed by atoms with Crippen molar-refractivity contribution in [2.75, 3.05) is 6.61 Å². The lowest BCUT2D eigenvalue weighted by Crippen LogP contribution is -2.23. The summed E-state index contributed by atoms with van der Waals surface area (Å²) in [7, 11) is 0. The lowest BCUT2D eigenvalue weighted by atomic mass is 10.0. The molecule has 6 heteroatoms. The number of hydrogen-bond donors (Lipinski definition) is 0. The Hall–Kier alpha value is -2.24. The van der Waals surface area contributed by atoms with E-state index in [-0.39, 0.29) is 0 Å². The number of hydrogen-bond acceptors (Lipinski definition) is 6. The van der Waals surface area contributed by atoms with Crippen LogP contribution in [0.5, 0.6) is 0 Å². The molecule has 94 valence electrons. The van der Waals surface area contributed by atoms with Crippen molar-refractivity contribution in [3.63, 3.8) is 0 Å². The maximum absolute atomic E-state index is 11.4. The van der Waals surface area contributed by atoms with E-state index in [1.54, 1.807) is 31.2 Å². The summed E-state index contributed by atoms with van der Waals surface area (Å²) in [5, 5.41) is 6.66. The molecule has 1 aliphatic heterocycles. The lowest BCUT2D eigenvalue weighted by molar-refractivity contribution is -0.154. The molecular weight excluding hydrogens is 236 g/mol. The van der Waals surface area contributed by atoms with Gasteiger partial charge in [0.05, 0.1) is 12.3 Å². The minimum absolute atomic E-state index is 0.313. The molecule has 0 aliphatic carbocycles. The number of rotatable bonds is 4. The molecule has 1 atom stereocenters. The van der Waals surface area contributed by atoms with Gasteiger partial charge in [0.2, 0.25) is 6.10 Å². The highest BCUT2D eigenvalue weighted by Gasteiger charge is 2.29. The molecule has 1 heterocycles. The van der Waals surface area contributed by atoms with E-state index in [1.165, 1.54) is 0 Å². The van der Waals surface area contributed by atoms with Gasteiger partial charge in [0.1, 0.15) is 5.69 Å². The first-order chi connectivity index (χ1) is 8.74. The highest BCUT2D eigenvalue weighted by molar-refractivity contribution is 6.03. The zero-order valence-corrected chi connectivity index (χ0v) is 9.83. The van der Waals surface area contributed by atoms with Crippen LogP contribution in [0.15, 0.2) is 34.6 Å². The summed E-state index contributed by atoms with van der Waals surface area (Å²) in [5.41, 5.74) is 1.81. The standard InChI is InChI=1S/C12H12N2O4/c1-2-17-12(15)11-7-10(14-18-11)8-3-5-9(13-16)6-4-8/h3-6,11H,2,7H2,1H3. The normalized spacial score (nSPS) is 17.8. The van der Waals surface area contributed by atoms with Crippen LogP contribution in [-0.4, -0.2) is 24.4 Å². The van der Waals surface area contributed by atoms with Crippen LogP contribution in [-0.2, 0) is 14.4 Å². The molecule has 18 heavy (non-hydrogen) atoms. The number of nitroso groups, excluding NO2 is 1. The predicted octanol–water partition coefficient (Wildman–Crippen LogP) is 2.14. The largest absolute Gasteiger partial charge is 0.463 e. The van der Waals surface area contributed by atoms with Gasteiger partial charge < -0.3 is 9.57 Å². The summed E-state index contributed by atoms with van der Waals surface area (Å²) >= 11 is 0. The second-order valence-electron chi connectivity index (χ2n) is 3.73. The van der Waals surface area contributed by atoms with Crippen LogP contribution in [0.25, 0.3) is 0 Å². The van der Waals surface area contributed by atoms with Crippen molar-refractivity contribution in [2.45, 2.75) is 19.4 Å². The Morgan fingerprint density at radius 2 is 2.22 bits per heavy atom. The number of carbonyl (C=O) groups excluding carboxylic acids is 1. The first kappa shape index (κ1) is 12.2. The second-order valence-corrected chi connectivity index (χ2v) is 3.73. The van der Waals surface area contributed by atoms with Crippen molar-refractivity contribution in [2.24, 2.45) is 10.3 Å². The molecule has 6 nitrogen and oxygen atoms in total. The van der Waals surface area contributed by atoms with Gasteiger partial charge in [-0.05, 0) is 29.8 Å². The van der Waals surface area contributed by atoms with E-state index >= 15 is 0 Å². The third-order valence-corrected chi connectivity index (χ3v) is 2.52. The Balaban J connectivity index is 2.03. The molecule has 0 saturated heterocycles. The number of carbonyl (C=O) groups is 1. The zero-order valence-electron chi connectivity index (χ0n) is 9.83. The highest BCUT2D eigenvalue weighted by Crippen LogP contribution is 2.20. The van der Waals surface area contributed by atoms with Crippen LogP contribution in [0.1, 0.15) is 18.9 Å². The quantitative estimate of drug-likeness (QED) is 0.604. The minimum Gasteiger partial charge on any atom is -0.463 e. The molecule has 1 unspecified atom stereocenters. The SMILES string of the molecule is CCOC(=O)C1CC(c2ccc(N=O)cc2)=NO1. The van der Waals surface area contributed by atoms with Gasteiger partial charge in [-0.15, -0.1) is 4.91 Å². The van der Waals surface area contributed by atoms with Crippen LogP contribution < -0.4 is 0 Å². The molecule has 0 N–H and O–H groups in total. The molecule has 1 aliphatic rings. The van der Waals surface area contributed by atoms with E-state index in [1.807, 2.05) is 0 Å². The van der Waals surface area contributed by atoms with Gasteiger partial charge in [0, 0.05) is 6.42 Å². The Morgan fingerprint density at radius 3 is 2.83 bits per heavy atom. The van der Waals surface area contributed by atoms with Gasteiger partial charge in [-0.1, -0.05) is 17.3 Å². The van der Waals surface area contributed by atoms with Gasteiger partial charge in [0.25, 0.3) is 0 Å². The van der Waals surface area contributed by atoms with Crippen molar-refractivity contribution in [3.8, 4) is 0 Å². The Bertz CT molecular complexity index is 481. The van der Waals surface area contributed by atoms with E-state index in [0.29, 0.717) is 24.4 Å². The number of esters is 1. The van der Waals surface area contributed by atoms with Crippen molar-refractivity contribution in [1.29, 1.82) is 0 Å². The maximum Gasteiger partial charge on any atom is 0.350 e. The second kappa shape index (κ2) is 5.39. The predicted molar refractivity (Wildman–Crippen MR) is 64.6 cm³/mol. The molecule has 0 saturated carbocycles. The van der Waals surface area contributed by atoms with Gasteiger partial charge in [-0.2, -0.15) is 0 Å². The number of nitrogens with zero attached hydrogens (tertiary/aromatic N) is 2. The summed E-state index contributed by atoms with van der Waals surface area (Å²) in [6.45, 7) is 2.05. The molecule has 1 aromatic rings. The number of oxime groups is 1. The lowest BCUT2D eigenvalue weighted by Gasteiger charge is -2.06. The van der Waals surface area contributed by atoms with Crippen LogP contribution in [0.4, 0.5) is 5.69 Å². The Morgan fingerprint density at radius 1 is 1.50 bits per heavy atom. The number of ether oxygens (including phenoxy) is 1. The molecule has 0 amide bonds. The highest BCUT2D eigenvalue weighted by atomic mass is 16.7. The van der Waals surface area contributed by atoms with Gasteiger partial charge >= 0.3 is 5.97 Å². The fraction of sp³-hybridized carbons (Fsp3) is 0.333. The van der Waals surface area contributed by atoms with Crippen molar-refractivity contribution >= 4 is 17.4 Å². The topological polar surface area (TPSA) is 77.3 Å². The van der Waals surface area contributed by atoms with Crippen molar-refractivity contribution in [1.82, 2.24) is 0 Å². The van der Waals surface area contributed by atoms with E-state index in [0.717, 1.165) is 5.56 Å². The third kappa shape index (κ3) is 2.53. The van der Waals surface area contributed by atoms with Gasteiger partial charge in [-0.25, -0.2) is 4.79 Å². The van der Waals surface area contributed by atoms with Crippen LogP contribution in [0.2, 0.25) is 0 Å². The number of benzene rings is 1. The smallest absolute Gasteiger partial charge is 0.350 e. The summed E-state index contributed by atoms with van der Waals surface area (Å²) in [6.07, 6.45) is -0.309. The van der Waals surface area contributed by atoms with E-state index in [2.05, 4.69) is 10.3 Å². The first-order valence-electron chi connectivity index (χ1n) is 5.57. The van der Waals surface area contributed by atoms with Crippen molar-refractivity contribution < 1.29 is 14.4 Å². The molecule has 0 aromatic heterocycles. The maximum atomic E-state index is 11.4. The molecule has 0 bridgehead atoms. The molecule has 1 aromatic carbocycles. The van der Waals surface area contributed by atoms with E-state index < -0.39 is 12.1 Å². The monoisotopic (exact) mass is 248 g/mol. The summed E-state index contributed by atoms with van der Waals surface area (Å²) in [5.74, 6) is -0.414. The first-order valence-corrected chi connectivity index (χ1v) is 5.57. The fourth-order valence-electron chi connectivity index (χ4n) is 1.62. The Labute approximate surface area is 104 Å². The average Bonchev–Trinajstić information content (AvgIpc) is 2.89. The summed E-state index contributed by atoms with van der Waals surface area (Å²) < 4.78 is 4.85. The molecule has 0 radical (unpaired) electrons. The molecule has 0 fully saturated rings. The molecule has 2 rings (SSSR count). The van der Waals surface area contributed by atoms with E-state index in [9.17, 15) is 9.70 Å². The van der Waals surface area contributed by atoms with Crippen LogP contribution in [0, 0.1) is 4.91 Å². The Kier molecular flexibility index (Phi) is 3.66. The van der Waals surface area contributed by atoms with Gasteiger partial charge in [0.15, 0.2) is 0 Å². The molecular formula is C12H12N2O4. The summed E-state index contributed by atoms with van der Waals surface area (Å²) in [6, 6.07) is 6.60. The van der Waals surface area contributed by atoms with E-state index in [4.69, 9.17) is 9.57 Å². The van der Waals surface area contributed by atoms with Crippen molar-refractivity contribution in [3.05, 3.63) is 34.7 Å². The van der Waals surface area contributed by atoms with Gasteiger partial charge in [-0.3, -0.25) is 0 Å².